The molecule has 1 aromatic heterocycles. The molecule has 1 spiro atoms. The quantitative estimate of drug-likeness (QED) is 0.681. The number of carbonyl (C=O) groups excluding carboxylic acids is 2. The second kappa shape index (κ2) is 6.97. The van der Waals surface area contributed by atoms with Gasteiger partial charge in [0.05, 0.1) is 11.6 Å². The minimum atomic E-state index is -0.539. The van der Waals surface area contributed by atoms with Gasteiger partial charge in [0, 0.05) is 23.9 Å². The van der Waals surface area contributed by atoms with E-state index in [1.807, 2.05) is 31.2 Å². The number of carbonyl (C=O) groups is 2. The predicted molar refractivity (Wildman–Crippen MR) is 110 cm³/mol. The van der Waals surface area contributed by atoms with Crippen LogP contribution < -0.4 is 5.32 Å². The van der Waals surface area contributed by atoms with Gasteiger partial charge >= 0.3 is 0 Å². The first-order valence-electron chi connectivity index (χ1n) is 10.3. The molecule has 3 aromatic rings. The summed E-state index contributed by atoms with van der Waals surface area (Å²) in [7, 11) is 0. The van der Waals surface area contributed by atoms with E-state index in [9.17, 15) is 14.0 Å². The number of amides is 2. The van der Waals surface area contributed by atoms with E-state index in [0.29, 0.717) is 30.7 Å². The number of fused-ring (bicyclic) bond motifs is 1. The maximum absolute atomic E-state index is 13.7. The second-order valence-electron chi connectivity index (χ2n) is 8.31. The number of hydrogen-bond acceptors (Lipinski definition) is 3. The Labute approximate surface area is 173 Å². The Hall–Kier alpha value is -3.15. The van der Waals surface area contributed by atoms with Crippen LogP contribution in [0.1, 0.15) is 53.4 Å². The number of aryl methyl sites for hydroxylation is 1. The van der Waals surface area contributed by atoms with E-state index in [-0.39, 0.29) is 23.7 Å². The number of para-hydroxylation sites is 1. The Balaban J connectivity index is 1.61. The minimum Gasteiger partial charge on any atom is -0.451 e. The molecule has 0 saturated carbocycles. The van der Waals surface area contributed by atoms with Gasteiger partial charge in [-0.1, -0.05) is 30.3 Å². The van der Waals surface area contributed by atoms with Gasteiger partial charge in [0.15, 0.2) is 5.76 Å². The molecule has 5 nitrogen and oxygen atoms in total. The molecule has 2 fully saturated rings. The van der Waals surface area contributed by atoms with Gasteiger partial charge < -0.3 is 14.6 Å². The van der Waals surface area contributed by atoms with Crippen LogP contribution in [0.2, 0.25) is 0 Å². The monoisotopic (exact) mass is 406 g/mol. The van der Waals surface area contributed by atoms with E-state index in [0.717, 1.165) is 29.4 Å². The zero-order chi connectivity index (χ0) is 20.9. The molecule has 2 amide bonds. The summed E-state index contributed by atoms with van der Waals surface area (Å²) in [5, 5.41) is 4.07. The molecular weight excluding hydrogens is 383 g/mol. The summed E-state index contributed by atoms with van der Waals surface area (Å²) in [5.74, 6) is -0.204. The first kappa shape index (κ1) is 18.9. The lowest BCUT2D eigenvalue weighted by atomic mass is 9.76. The van der Waals surface area contributed by atoms with Crippen molar-refractivity contribution in [1.29, 1.82) is 0 Å². The third kappa shape index (κ3) is 2.90. The van der Waals surface area contributed by atoms with Crippen molar-refractivity contribution in [3.05, 3.63) is 71.2 Å². The van der Waals surface area contributed by atoms with Gasteiger partial charge in [-0.3, -0.25) is 9.59 Å². The number of hydrogen-bond donors (Lipinski definition) is 1. The second-order valence-corrected chi connectivity index (χ2v) is 8.31. The van der Waals surface area contributed by atoms with Crippen molar-refractivity contribution in [2.75, 3.05) is 6.54 Å². The molecule has 0 radical (unpaired) electrons. The van der Waals surface area contributed by atoms with Crippen molar-refractivity contribution in [1.82, 2.24) is 10.2 Å². The summed E-state index contributed by atoms with van der Waals surface area (Å²) in [6.07, 6.45) is 2.65. The molecule has 5 rings (SSSR count). The molecule has 2 aromatic carbocycles. The fraction of sp³-hybridized carbons (Fsp3) is 0.333. The van der Waals surface area contributed by atoms with Gasteiger partial charge in [-0.15, -0.1) is 0 Å². The molecule has 2 aliphatic rings. The zero-order valence-corrected chi connectivity index (χ0v) is 16.8. The lowest BCUT2D eigenvalue weighted by molar-refractivity contribution is -0.120. The predicted octanol–water partition coefficient (Wildman–Crippen LogP) is 4.51. The van der Waals surface area contributed by atoms with Gasteiger partial charge in [0.1, 0.15) is 11.4 Å². The summed E-state index contributed by atoms with van der Waals surface area (Å²) in [4.78, 5) is 27.7. The van der Waals surface area contributed by atoms with E-state index in [1.165, 1.54) is 12.1 Å². The number of piperidine rings is 1. The van der Waals surface area contributed by atoms with Crippen LogP contribution in [-0.4, -0.2) is 28.8 Å². The van der Waals surface area contributed by atoms with Gasteiger partial charge in [-0.05, 0) is 49.9 Å². The Morgan fingerprint density at radius 2 is 1.93 bits per heavy atom. The van der Waals surface area contributed by atoms with Gasteiger partial charge in [-0.2, -0.15) is 0 Å². The first-order chi connectivity index (χ1) is 14.5. The average molecular weight is 406 g/mol. The minimum absolute atomic E-state index is 0.00340. The van der Waals surface area contributed by atoms with Gasteiger partial charge in [0.2, 0.25) is 5.91 Å². The average Bonchev–Trinajstić information content (AvgIpc) is 3.28. The van der Waals surface area contributed by atoms with Crippen LogP contribution in [0.3, 0.4) is 0 Å². The molecule has 0 aliphatic carbocycles. The van der Waals surface area contributed by atoms with Crippen LogP contribution in [-0.2, 0) is 4.79 Å². The number of nitrogens with zero attached hydrogens (tertiary/aromatic N) is 1. The zero-order valence-electron chi connectivity index (χ0n) is 16.8. The van der Waals surface area contributed by atoms with Crippen molar-refractivity contribution in [2.24, 2.45) is 0 Å². The van der Waals surface area contributed by atoms with E-state index < -0.39 is 5.54 Å². The molecule has 0 bridgehead atoms. The summed E-state index contributed by atoms with van der Waals surface area (Å²) in [6.45, 7) is 2.44. The Morgan fingerprint density at radius 1 is 1.17 bits per heavy atom. The van der Waals surface area contributed by atoms with Crippen molar-refractivity contribution in [3.8, 4) is 0 Å². The molecule has 0 unspecified atom stereocenters. The topological polar surface area (TPSA) is 62.6 Å². The highest BCUT2D eigenvalue weighted by Gasteiger charge is 2.51. The summed E-state index contributed by atoms with van der Waals surface area (Å²) >= 11 is 0. The van der Waals surface area contributed by atoms with Crippen LogP contribution in [0, 0.1) is 12.7 Å². The van der Waals surface area contributed by atoms with Crippen LogP contribution in [0.5, 0.6) is 0 Å². The largest absolute Gasteiger partial charge is 0.451 e. The van der Waals surface area contributed by atoms with Crippen LogP contribution in [0.25, 0.3) is 11.0 Å². The van der Waals surface area contributed by atoms with Gasteiger partial charge in [-0.25, -0.2) is 4.39 Å². The Kier molecular flexibility index (Phi) is 4.38. The fourth-order valence-electron chi connectivity index (χ4n) is 5.13. The molecule has 2 atom stereocenters. The number of benzene rings is 2. The molecule has 3 heterocycles. The number of halogens is 1. The first-order valence-corrected chi connectivity index (χ1v) is 10.3. The summed E-state index contributed by atoms with van der Waals surface area (Å²) < 4.78 is 19.6. The third-order valence-corrected chi connectivity index (χ3v) is 6.53. The standard InChI is InChI=1S/C24H23FN2O3/c1-15-18-5-2-3-6-19(18)30-21(15)23(29)27-14-4-12-24(13-11-20(28)26-24)22(27)16-7-9-17(25)10-8-16/h2-3,5-10,22H,4,11-14H2,1H3,(H,26,28)/t22-,24+/m1/s1. The Morgan fingerprint density at radius 3 is 2.63 bits per heavy atom. The molecule has 2 aliphatic heterocycles. The smallest absolute Gasteiger partial charge is 0.290 e. The maximum Gasteiger partial charge on any atom is 0.290 e. The number of nitrogens with one attached hydrogen (secondary N) is 1. The third-order valence-electron chi connectivity index (χ3n) is 6.53. The molecule has 154 valence electrons. The van der Waals surface area contributed by atoms with Gasteiger partial charge in [0.25, 0.3) is 5.91 Å². The maximum atomic E-state index is 13.7. The molecule has 6 heteroatoms. The highest BCUT2D eigenvalue weighted by molar-refractivity contribution is 5.99. The Bertz CT molecular complexity index is 1140. The van der Waals surface area contributed by atoms with Crippen molar-refractivity contribution < 1.29 is 18.4 Å². The lowest BCUT2D eigenvalue weighted by Gasteiger charge is -2.48. The lowest BCUT2D eigenvalue weighted by Crippen LogP contribution is -2.58. The van der Waals surface area contributed by atoms with Crippen molar-refractivity contribution in [2.45, 2.75) is 44.2 Å². The van der Waals surface area contributed by atoms with E-state index in [1.54, 1.807) is 17.0 Å². The van der Waals surface area contributed by atoms with Crippen LogP contribution >= 0.6 is 0 Å². The normalized spacial score (nSPS) is 23.9. The highest BCUT2D eigenvalue weighted by atomic mass is 19.1. The highest BCUT2D eigenvalue weighted by Crippen LogP contribution is 2.45. The van der Waals surface area contributed by atoms with E-state index >= 15 is 0 Å². The number of likely N-dealkylation sites (tertiary alicyclic amines) is 1. The molecular formula is C24H23FN2O3. The van der Waals surface area contributed by atoms with Crippen LogP contribution in [0.4, 0.5) is 4.39 Å². The van der Waals surface area contributed by atoms with E-state index in [2.05, 4.69) is 5.32 Å². The van der Waals surface area contributed by atoms with Crippen LogP contribution in [0.15, 0.2) is 52.9 Å². The molecule has 1 N–H and O–H groups in total. The summed E-state index contributed by atoms with van der Waals surface area (Å²) in [6, 6.07) is 13.5. The molecule has 2 saturated heterocycles. The SMILES string of the molecule is Cc1c(C(=O)N2CCC[C@]3(CCC(=O)N3)[C@H]2c2ccc(F)cc2)oc2ccccc12. The van der Waals surface area contributed by atoms with E-state index in [4.69, 9.17) is 4.42 Å². The number of furan rings is 1. The van der Waals surface area contributed by atoms with Crippen molar-refractivity contribution >= 4 is 22.8 Å². The molecule has 30 heavy (non-hydrogen) atoms. The van der Waals surface area contributed by atoms with Crippen molar-refractivity contribution in [3.63, 3.8) is 0 Å². The fourth-order valence-corrected chi connectivity index (χ4v) is 5.13. The number of rotatable bonds is 2. The summed E-state index contributed by atoms with van der Waals surface area (Å²) in [5.41, 5.74) is 1.77.